The van der Waals surface area contributed by atoms with E-state index in [1.165, 1.54) is 13.2 Å². The number of carbonyl (C=O) groups excluding carboxylic acids is 2. The summed E-state index contributed by atoms with van der Waals surface area (Å²) in [5, 5.41) is 5.83. The van der Waals surface area contributed by atoms with Crippen molar-refractivity contribution < 1.29 is 19.1 Å². The topological polar surface area (TPSA) is 76.7 Å². The zero-order valence-electron chi connectivity index (χ0n) is 15.0. The van der Waals surface area contributed by atoms with E-state index in [1.807, 2.05) is 19.1 Å². The normalized spacial score (nSPS) is 10.2. The van der Waals surface area contributed by atoms with Crippen LogP contribution in [0.5, 0.6) is 11.5 Å². The molecule has 0 saturated heterocycles. The zero-order chi connectivity index (χ0) is 19.8. The molecule has 0 atom stereocenters. The molecular weight excluding hydrogens is 391 g/mol. The van der Waals surface area contributed by atoms with Gasteiger partial charge in [-0.05, 0) is 31.2 Å². The molecule has 0 heterocycles. The predicted molar refractivity (Wildman–Crippen MR) is 105 cm³/mol. The highest BCUT2D eigenvalue weighted by atomic mass is 35.5. The van der Waals surface area contributed by atoms with E-state index in [2.05, 4.69) is 10.6 Å². The van der Waals surface area contributed by atoms with Gasteiger partial charge in [-0.2, -0.15) is 0 Å². The molecule has 0 spiro atoms. The molecule has 0 saturated carbocycles. The minimum atomic E-state index is -0.440. The van der Waals surface area contributed by atoms with Gasteiger partial charge < -0.3 is 20.1 Å². The molecule has 2 N–H and O–H groups in total. The van der Waals surface area contributed by atoms with Crippen molar-refractivity contribution in [3.63, 3.8) is 0 Å². The lowest BCUT2D eigenvalue weighted by atomic mass is 10.2. The lowest BCUT2D eigenvalue weighted by Crippen LogP contribution is -2.37. The van der Waals surface area contributed by atoms with E-state index in [-0.39, 0.29) is 47.0 Å². The second-order valence-corrected chi connectivity index (χ2v) is 6.46. The summed E-state index contributed by atoms with van der Waals surface area (Å²) in [7, 11) is 1.41. The highest BCUT2D eigenvalue weighted by molar-refractivity contribution is 6.37. The number of halogens is 2. The van der Waals surface area contributed by atoms with Crippen molar-refractivity contribution in [2.24, 2.45) is 0 Å². The molecule has 0 aromatic heterocycles. The van der Waals surface area contributed by atoms with Gasteiger partial charge in [0, 0.05) is 13.1 Å². The lowest BCUT2D eigenvalue weighted by molar-refractivity contribution is -0.123. The zero-order valence-corrected chi connectivity index (χ0v) is 16.5. The Morgan fingerprint density at radius 2 is 1.59 bits per heavy atom. The third-order valence-corrected chi connectivity index (χ3v) is 4.23. The smallest absolute Gasteiger partial charge is 0.258 e. The summed E-state index contributed by atoms with van der Waals surface area (Å²) in [6, 6.07) is 10.5. The van der Waals surface area contributed by atoms with Crippen molar-refractivity contribution in [2.45, 2.75) is 6.92 Å². The molecule has 27 heavy (non-hydrogen) atoms. The first-order valence-electron chi connectivity index (χ1n) is 8.18. The Hall–Kier alpha value is -2.44. The van der Waals surface area contributed by atoms with Gasteiger partial charge in [0.2, 0.25) is 0 Å². The van der Waals surface area contributed by atoms with E-state index >= 15 is 0 Å². The van der Waals surface area contributed by atoms with Gasteiger partial charge in [-0.3, -0.25) is 9.59 Å². The molecule has 8 heteroatoms. The summed E-state index contributed by atoms with van der Waals surface area (Å²) in [5.74, 6) is 0.0941. The number of ether oxygens (including phenoxy) is 2. The molecule has 0 unspecified atom stereocenters. The van der Waals surface area contributed by atoms with Gasteiger partial charge in [0.15, 0.2) is 12.4 Å². The quantitative estimate of drug-likeness (QED) is 0.654. The van der Waals surface area contributed by atoms with Gasteiger partial charge in [0.05, 0.1) is 17.2 Å². The summed E-state index contributed by atoms with van der Waals surface area (Å²) < 4.78 is 10.5. The predicted octanol–water partition coefficient (Wildman–Crippen LogP) is 3.24. The van der Waals surface area contributed by atoms with Gasteiger partial charge in [0.1, 0.15) is 11.3 Å². The highest BCUT2D eigenvalue weighted by Gasteiger charge is 2.19. The highest BCUT2D eigenvalue weighted by Crippen LogP contribution is 2.33. The molecular formula is C19H20Cl2N2O4. The maximum atomic E-state index is 12.3. The molecule has 2 rings (SSSR count). The molecule has 0 aliphatic heterocycles. The Morgan fingerprint density at radius 1 is 0.963 bits per heavy atom. The standard InChI is InChI=1S/C19H20Cl2N2O4/c1-12-3-5-13(6-4-12)27-11-16(24)22-9-10-23-19(25)17-14(20)7-8-15(21)18(17)26-2/h3-8H,9-11H2,1-2H3,(H,22,24)(H,23,25). The van der Waals surface area contributed by atoms with E-state index in [1.54, 1.807) is 18.2 Å². The second kappa shape index (κ2) is 10.0. The van der Waals surface area contributed by atoms with Gasteiger partial charge >= 0.3 is 0 Å². The Balaban J connectivity index is 1.76. The van der Waals surface area contributed by atoms with Crippen LogP contribution in [-0.2, 0) is 4.79 Å². The number of benzene rings is 2. The largest absolute Gasteiger partial charge is 0.494 e. The first-order chi connectivity index (χ1) is 12.9. The fraction of sp³-hybridized carbons (Fsp3) is 0.263. The van der Waals surface area contributed by atoms with E-state index in [9.17, 15) is 9.59 Å². The first-order valence-corrected chi connectivity index (χ1v) is 8.94. The summed E-state index contributed by atoms with van der Waals surface area (Å²) in [5.41, 5.74) is 1.26. The minimum absolute atomic E-state index is 0.106. The number of rotatable bonds is 8. The maximum Gasteiger partial charge on any atom is 0.258 e. The van der Waals surface area contributed by atoms with Crippen molar-refractivity contribution in [3.05, 3.63) is 57.6 Å². The van der Waals surface area contributed by atoms with Crippen LogP contribution >= 0.6 is 23.2 Å². The Bertz CT molecular complexity index is 810. The van der Waals surface area contributed by atoms with Gasteiger partial charge in [-0.15, -0.1) is 0 Å². The minimum Gasteiger partial charge on any atom is -0.494 e. The van der Waals surface area contributed by atoms with E-state index in [0.717, 1.165) is 5.56 Å². The van der Waals surface area contributed by atoms with Crippen LogP contribution in [0.25, 0.3) is 0 Å². The lowest BCUT2D eigenvalue weighted by Gasteiger charge is -2.12. The third-order valence-electron chi connectivity index (χ3n) is 3.61. The maximum absolute atomic E-state index is 12.3. The van der Waals surface area contributed by atoms with E-state index in [0.29, 0.717) is 5.75 Å². The molecule has 0 aliphatic carbocycles. The van der Waals surface area contributed by atoms with Crippen LogP contribution in [0, 0.1) is 6.92 Å². The summed E-state index contributed by atoms with van der Waals surface area (Å²) in [4.78, 5) is 24.1. The fourth-order valence-electron chi connectivity index (χ4n) is 2.25. The van der Waals surface area contributed by atoms with Crippen molar-refractivity contribution in [1.29, 1.82) is 0 Å². The SMILES string of the molecule is COc1c(Cl)ccc(Cl)c1C(=O)NCCNC(=O)COc1ccc(C)cc1. The Kier molecular flexibility index (Phi) is 7.76. The van der Waals surface area contributed by atoms with Crippen LogP contribution in [0.2, 0.25) is 10.0 Å². The molecule has 0 fully saturated rings. The average molecular weight is 411 g/mol. The molecule has 6 nitrogen and oxygen atoms in total. The number of aryl methyl sites for hydroxylation is 1. The van der Waals surface area contributed by atoms with Crippen LogP contribution in [0.4, 0.5) is 0 Å². The van der Waals surface area contributed by atoms with E-state index < -0.39 is 5.91 Å². The number of nitrogens with one attached hydrogen (secondary N) is 2. The van der Waals surface area contributed by atoms with Gasteiger partial charge in [-0.1, -0.05) is 40.9 Å². The Morgan fingerprint density at radius 3 is 2.26 bits per heavy atom. The molecule has 144 valence electrons. The van der Waals surface area contributed by atoms with Crippen LogP contribution < -0.4 is 20.1 Å². The molecule has 2 aromatic rings. The summed E-state index contributed by atoms with van der Waals surface area (Å²) in [6.07, 6.45) is 0. The van der Waals surface area contributed by atoms with Crippen LogP contribution in [0.15, 0.2) is 36.4 Å². The van der Waals surface area contributed by atoms with Crippen LogP contribution in [-0.4, -0.2) is 38.6 Å². The van der Waals surface area contributed by atoms with Gasteiger partial charge in [-0.25, -0.2) is 0 Å². The monoisotopic (exact) mass is 410 g/mol. The second-order valence-electron chi connectivity index (χ2n) is 5.65. The van der Waals surface area contributed by atoms with Crippen LogP contribution in [0.1, 0.15) is 15.9 Å². The van der Waals surface area contributed by atoms with Gasteiger partial charge in [0.25, 0.3) is 11.8 Å². The van der Waals surface area contributed by atoms with Crippen molar-refractivity contribution in [1.82, 2.24) is 10.6 Å². The molecule has 2 aromatic carbocycles. The first kappa shape index (κ1) is 20.9. The molecule has 0 radical (unpaired) electrons. The number of hydrogen-bond donors (Lipinski definition) is 2. The third kappa shape index (κ3) is 6.05. The number of carbonyl (C=O) groups is 2. The van der Waals surface area contributed by atoms with Crippen molar-refractivity contribution >= 4 is 35.0 Å². The molecule has 0 bridgehead atoms. The van der Waals surface area contributed by atoms with E-state index in [4.69, 9.17) is 32.7 Å². The average Bonchev–Trinajstić information content (AvgIpc) is 2.66. The Labute approximate surface area is 167 Å². The summed E-state index contributed by atoms with van der Waals surface area (Å²) in [6.45, 7) is 2.31. The number of hydrogen-bond acceptors (Lipinski definition) is 4. The molecule has 0 aliphatic rings. The fourth-order valence-corrected chi connectivity index (χ4v) is 2.71. The number of methoxy groups -OCH3 is 1. The van der Waals surface area contributed by atoms with Crippen molar-refractivity contribution in [3.8, 4) is 11.5 Å². The van der Waals surface area contributed by atoms with Crippen molar-refractivity contribution in [2.75, 3.05) is 26.8 Å². The molecule has 2 amide bonds. The number of amides is 2. The summed E-state index contributed by atoms with van der Waals surface area (Å²) >= 11 is 12.1. The van der Waals surface area contributed by atoms with Crippen LogP contribution in [0.3, 0.4) is 0 Å².